The molecule has 0 aromatic rings. The summed E-state index contributed by atoms with van der Waals surface area (Å²) >= 11 is 0. The molecule has 6 nitrogen and oxygen atoms in total. The van der Waals surface area contributed by atoms with Crippen molar-refractivity contribution >= 4 is 11.9 Å². The number of carbonyl (C=O) groups is 2. The molecule has 0 aliphatic carbocycles. The summed E-state index contributed by atoms with van der Waals surface area (Å²) in [5.74, 6) is -0.0275. The molecule has 0 fully saturated rings. The van der Waals surface area contributed by atoms with E-state index in [4.69, 9.17) is 4.74 Å². The van der Waals surface area contributed by atoms with E-state index in [0.29, 0.717) is 25.9 Å². The fraction of sp³-hybridized carbons (Fsp3) is 0.881. The Hall–Kier alpha value is -1.92. The van der Waals surface area contributed by atoms with Gasteiger partial charge in [0.25, 0.3) is 0 Å². The number of ether oxygens (including phenoxy) is 1. The molecule has 0 aliphatic rings. The molecule has 0 spiro atoms. The highest BCUT2D eigenvalue weighted by Gasteiger charge is 2.20. The van der Waals surface area contributed by atoms with E-state index < -0.39 is 12.1 Å². The molecule has 0 aliphatic heterocycles. The van der Waals surface area contributed by atoms with Crippen molar-refractivity contribution < 1.29 is 24.5 Å². The van der Waals surface area contributed by atoms with Crippen LogP contribution in [-0.4, -0.2) is 47.4 Å². The molecular weight excluding hydrogens is 899 g/mol. The van der Waals surface area contributed by atoms with Crippen molar-refractivity contribution in [2.75, 3.05) is 13.2 Å². The number of aliphatic hydroxyl groups excluding tert-OH is 2. The number of rotatable bonds is 61. The van der Waals surface area contributed by atoms with Gasteiger partial charge < -0.3 is 20.3 Å². The van der Waals surface area contributed by atoms with Crippen molar-refractivity contribution in [3.05, 3.63) is 36.5 Å². The minimum Gasteiger partial charge on any atom is -0.466 e. The second kappa shape index (κ2) is 62.6. The summed E-state index contributed by atoms with van der Waals surface area (Å²) in [6.07, 6.45) is 79.1. The fourth-order valence-corrected chi connectivity index (χ4v) is 10.1. The third kappa shape index (κ3) is 59.2. The summed E-state index contributed by atoms with van der Waals surface area (Å²) in [7, 11) is 0. The van der Waals surface area contributed by atoms with Crippen LogP contribution < -0.4 is 5.32 Å². The number of carbonyl (C=O) groups excluding carboxylic acids is 2. The van der Waals surface area contributed by atoms with Gasteiger partial charge in [0.15, 0.2) is 0 Å². The molecule has 2 atom stereocenters. The molecule has 0 rings (SSSR count). The number of aliphatic hydroxyl groups is 2. The average molecular weight is 1030 g/mol. The van der Waals surface area contributed by atoms with Crippen LogP contribution in [0.1, 0.15) is 354 Å². The van der Waals surface area contributed by atoms with Crippen molar-refractivity contribution in [2.45, 2.75) is 366 Å². The highest BCUT2D eigenvalue weighted by molar-refractivity contribution is 5.76. The molecule has 0 aromatic carbocycles. The molecule has 0 heterocycles. The van der Waals surface area contributed by atoms with E-state index in [2.05, 4.69) is 55.6 Å². The highest BCUT2D eigenvalue weighted by Crippen LogP contribution is 2.18. The van der Waals surface area contributed by atoms with E-state index in [1.165, 1.54) is 270 Å². The molecule has 0 bridgehead atoms. The topological polar surface area (TPSA) is 95.9 Å². The Morgan fingerprint density at radius 1 is 0.384 bits per heavy atom. The third-order valence-electron chi connectivity index (χ3n) is 15.2. The summed E-state index contributed by atoms with van der Waals surface area (Å²) in [4.78, 5) is 24.4. The normalized spacial score (nSPS) is 12.8. The first-order chi connectivity index (χ1) is 36.0. The Balaban J connectivity index is 3.34. The first-order valence-electron chi connectivity index (χ1n) is 32.7. The second-order valence-corrected chi connectivity index (χ2v) is 22.4. The van der Waals surface area contributed by atoms with Crippen molar-refractivity contribution in [2.24, 2.45) is 0 Å². The third-order valence-corrected chi connectivity index (χ3v) is 15.2. The molecule has 6 heteroatoms. The van der Waals surface area contributed by atoms with Gasteiger partial charge in [-0.05, 0) is 83.5 Å². The lowest BCUT2D eigenvalue weighted by Crippen LogP contribution is -2.45. The zero-order valence-corrected chi connectivity index (χ0v) is 49.1. The van der Waals surface area contributed by atoms with Crippen LogP contribution >= 0.6 is 0 Å². The number of unbranched alkanes of at least 4 members (excludes halogenated alkanes) is 44. The Morgan fingerprint density at radius 2 is 0.685 bits per heavy atom. The smallest absolute Gasteiger partial charge is 0.305 e. The van der Waals surface area contributed by atoms with Crippen LogP contribution in [0.25, 0.3) is 0 Å². The molecule has 3 N–H and O–H groups in total. The Bertz CT molecular complexity index is 1180. The molecule has 430 valence electrons. The predicted octanol–water partition coefficient (Wildman–Crippen LogP) is 20.8. The first-order valence-corrected chi connectivity index (χ1v) is 32.7. The standard InChI is InChI=1S/C67H127NO5/c1-3-5-7-9-11-13-14-41-45-49-53-57-61-67(72)73-62-58-54-50-46-42-39-37-35-33-31-29-27-25-23-21-19-17-15-16-18-20-22-24-26-28-30-32-34-36-38-40-44-48-52-56-60-66(71)68-64(63-69)65(70)59-55-51-47-43-12-10-8-6-4-2/h11,13,17,19,23,25,64-65,69-70H,3-10,12,14-16,18,20-22,24,26-63H2,1-2H3,(H,68,71)/b13-11-,19-17-,25-23-. The van der Waals surface area contributed by atoms with Crippen LogP contribution in [-0.2, 0) is 14.3 Å². The maximum absolute atomic E-state index is 12.4. The van der Waals surface area contributed by atoms with Gasteiger partial charge in [-0.15, -0.1) is 0 Å². The van der Waals surface area contributed by atoms with Gasteiger partial charge in [-0.2, -0.15) is 0 Å². The second-order valence-electron chi connectivity index (χ2n) is 22.4. The van der Waals surface area contributed by atoms with E-state index in [-0.39, 0.29) is 18.5 Å². The lowest BCUT2D eigenvalue weighted by Gasteiger charge is -2.22. The van der Waals surface area contributed by atoms with Gasteiger partial charge in [-0.25, -0.2) is 0 Å². The molecule has 0 aromatic heterocycles. The molecule has 73 heavy (non-hydrogen) atoms. The summed E-state index contributed by atoms with van der Waals surface area (Å²) in [5, 5.41) is 23.1. The van der Waals surface area contributed by atoms with Crippen molar-refractivity contribution in [1.82, 2.24) is 5.32 Å². The van der Waals surface area contributed by atoms with Crippen LogP contribution in [0.5, 0.6) is 0 Å². The van der Waals surface area contributed by atoms with E-state index in [0.717, 1.165) is 51.4 Å². The minimum absolute atomic E-state index is 0.00655. The highest BCUT2D eigenvalue weighted by atomic mass is 16.5. The largest absolute Gasteiger partial charge is 0.466 e. The van der Waals surface area contributed by atoms with Crippen molar-refractivity contribution in [1.29, 1.82) is 0 Å². The first kappa shape index (κ1) is 71.1. The number of nitrogens with one attached hydrogen (secondary N) is 1. The summed E-state index contributed by atoms with van der Waals surface area (Å²) in [5.41, 5.74) is 0. The quantitative estimate of drug-likeness (QED) is 0.0320. The van der Waals surface area contributed by atoms with E-state index >= 15 is 0 Å². The van der Waals surface area contributed by atoms with Crippen LogP contribution in [0.2, 0.25) is 0 Å². The van der Waals surface area contributed by atoms with E-state index in [9.17, 15) is 19.8 Å². The van der Waals surface area contributed by atoms with Crippen LogP contribution in [0.15, 0.2) is 36.5 Å². The molecule has 0 saturated carbocycles. The van der Waals surface area contributed by atoms with E-state index in [1.807, 2.05) is 0 Å². The molecular formula is C67H127NO5. The van der Waals surface area contributed by atoms with Gasteiger partial charge in [-0.3, -0.25) is 9.59 Å². The van der Waals surface area contributed by atoms with Gasteiger partial charge in [0.2, 0.25) is 5.91 Å². The van der Waals surface area contributed by atoms with Gasteiger partial charge >= 0.3 is 5.97 Å². The summed E-state index contributed by atoms with van der Waals surface area (Å²) in [6, 6.07) is -0.537. The zero-order valence-electron chi connectivity index (χ0n) is 49.1. The summed E-state index contributed by atoms with van der Waals surface area (Å²) in [6.45, 7) is 4.92. The fourth-order valence-electron chi connectivity index (χ4n) is 10.1. The monoisotopic (exact) mass is 1030 g/mol. The lowest BCUT2D eigenvalue weighted by atomic mass is 10.0. The summed E-state index contributed by atoms with van der Waals surface area (Å²) < 4.78 is 5.47. The average Bonchev–Trinajstić information content (AvgIpc) is 3.39. The molecule has 0 radical (unpaired) electrons. The van der Waals surface area contributed by atoms with Gasteiger partial charge in [0, 0.05) is 12.8 Å². The van der Waals surface area contributed by atoms with E-state index in [1.54, 1.807) is 0 Å². The van der Waals surface area contributed by atoms with Crippen LogP contribution in [0.3, 0.4) is 0 Å². The lowest BCUT2D eigenvalue weighted by molar-refractivity contribution is -0.143. The van der Waals surface area contributed by atoms with Crippen LogP contribution in [0.4, 0.5) is 0 Å². The van der Waals surface area contributed by atoms with Gasteiger partial charge in [0.05, 0.1) is 25.4 Å². The predicted molar refractivity (Wildman–Crippen MR) is 319 cm³/mol. The Kier molecular flexibility index (Phi) is 61.0. The number of amides is 1. The SMILES string of the molecule is CCCCC/C=C\CCCCCCCC(=O)OCCCCCCCCCCCCC/C=C\C/C=C\CCCCCCCCCCCCCCCCCCCC(=O)NC(CO)C(O)CCCCCCCCCCC. The van der Waals surface area contributed by atoms with Gasteiger partial charge in [-0.1, -0.05) is 294 Å². The molecule has 1 amide bonds. The number of hydrogen-bond donors (Lipinski definition) is 3. The Morgan fingerprint density at radius 3 is 1.08 bits per heavy atom. The number of esters is 1. The minimum atomic E-state index is -0.660. The van der Waals surface area contributed by atoms with Crippen molar-refractivity contribution in [3.63, 3.8) is 0 Å². The van der Waals surface area contributed by atoms with Crippen molar-refractivity contribution in [3.8, 4) is 0 Å². The zero-order chi connectivity index (χ0) is 52.9. The maximum atomic E-state index is 12.4. The Labute approximate surface area is 455 Å². The maximum Gasteiger partial charge on any atom is 0.305 e. The molecule has 0 saturated heterocycles. The van der Waals surface area contributed by atoms with Gasteiger partial charge in [0.1, 0.15) is 0 Å². The molecule has 2 unspecified atom stereocenters. The number of hydrogen-bond acceptors (Lipinski definition) is 5. The number of allylic oxidation sites excluding steroid dienone is 6. The van der Waals surface area contributed by atoms with Crippen LogP contribution in [0, 0.1) is 0 Å².